The fourth-order valence-corrected chi connectivity index (χ4v) is 0.584. The van der Waals surface area contributed by atoms with E-state index in [1.165, 1.54) is 6.20 Å². The van der Waals surface area contributed by atoms with Gasteiger partial charge in [-0.1, -0.05) is 19.9 Å². The van der Waals surface area contributed by atoms with Gasteiger partial charge in [0, 0.05) is 6.20 Å². The van der Waals surface area contributed by atoms with Gasteiger partial charge in [0.2, 0.25) is 0 Å². The summed E-state index contributed by atoms with van der Waals surface area (Å²) in [6, 6.07) is 5.13. The lowest BCUT2D eigenvalue weighted by Crippen LogP contribution is -1.86. The van der Waals surface area contributed by atoms with Gasteiger partial charge in [-0.25, -0.2) is 4.98 Å². The third-order valence-electron chi connectivity index (χ3n) is 1.12. The molecule has 3 nitrogen and oxygen atoms in total. The Hall–Kier alpha value is -1.40. The van der Waals surface area contributed by atoms with Crippen molar-refractivity contribution in [3.8, 4) is 6.07 Å². The second-order valence-electron chi connectivity index (χ2n) is 1.82. The van der Waals surface area contributed by atoms with E-state index in [9.17, 15) is 0 Å². The summed E-state index contributed by atoms with van der Waals surface area (Å²) in [4.78, 5) is 3.75. The van der Waals surface area contributed by atoms with Crippen molar-refractivity contribution in [3.05, 3.63) is 29.6 Å². The van der Waals surface area contributed by atoms with Crippen LogP contribution in [0.4, 0.5) is 0 Å². The van der Waals surface area contributed by atoms with E-state index in [2.05, 4.69) is 4.98 Å². The smallest absolute Gasteiger partial charge is 0.140 e. The van der Waals surface area contributed by atoms with Gasteiger partial charge < -0.3 is 5.11 Å². The maximum absolute atomic E-state index is 8.58. The maximum Gasteiger partial charge on any atom is 0.140 e. The Morgan fingerprint density at radius 2 is 2.17 bits per heavy atom. The molecule has 1 N–H and O–H groups in total. The van der Waals surface area contributed by atoms with Crippen LogP contribution in [0.3, 0.4) is 0 Å². The Kier molecular flexibility index (Phi) is 5.58. The second-order valence-corrected chi connectivity index (χ2v) is 1.82. The third-order valence-corrected chi connectivity index (χ3v) is 1.12. The van der Waals surface area contributed by atoms with Gasteiger partial charge in [0.1, 0.15) is 11.8 Å². The number of aromatic nitrogens is 1. The van der Waals surface area contributed by atoms with Gasteiger partial charge >= 0.3 is 0 Å². The van der Waals surface area contributed by atoms with Crippen LogP contribution in [0.1, 0.15) is 25.1 Å². The molecule has 1 rings (SSSR count). The number of hydrogen-bond acceptors (Lipinski definition) is 3. The van der Waals surface area contributed by atoms with Gasteiger partial charge in [0.25, 0.3) is 0 Å². The summed E-state index contributed by atoms with van der Waals surface area (Å²) >= 11 is 0. The Balaban J connectivity index is 0.000000561. The molecule has 12 heavy (non-hydrogen) atoms. The van der Waals surface area contributed by atoms with Crippen molar-refractivity contribution in [2.45, 2.75) is 20.5 Å². The highest BCUT2D eigenvalue weighted by molar-refractivity contribution is 5.22. The molecule has 1 aromatic rings. The van der Waals surface area contributed by atoms with E-state index in [1.54, 1.807) is 12.1 Å². The summed E-state index contributed by atoms with van der Waals surface area (Å²) in [5.74, 6) is 0. The van der Waals surface area contributed by atoms with Crippen LogP contribution in [0, 0.1) is 11.3 Å². The average molecular weight is 164 g/mol. The van der Waals surface area contributed by atoms with E-state index in [1.807, 2.05) is 19.9 Å². The predicted octanol–water partition coefficient (Wildman–Crippen LogP) is 1.47. The molecule has 0 amide bonds. The number of aliphatic hydroxyl groups excluding tert-OH is 1. The standard InChI is InChI=1S/C7H6N2O.C2H6/c8-3-7-2-1-6(5-10)4-9-7;1-2/h1-2,4,10H,5H2;1-2H3. The third kappa shape index (κ3) is 3.13. The minimum Gasteiger partial charge on any atom is -0.392 e. The van der Waals surface area contributed by atoms with Crippen molar-refractivity contribution in [3.63, 3.8) is 0 Å². The lowest BCUT2D eigenvalue weighted by molar-refractivity contribution is 0.281. The topological polar surface area (TPSA) is 56.9 Å². The first-order valence-corrected chi connectivity index (χ1v) is 3.82. The Morgan fingerprint density at radius 1 is 1.50 bits per heavy atom. The van der Waals surface area contributed by atoms with Crippen LogP contribution in [-0.2, 0) is 6.61 Å². The van der Waals surface area contributed by atoms with Crippen molar-refractivity contribution in [2.75, 3.05) is 0 Å². The second kappa shape index (κ2) is 6.32. The average Bonchev–Trinajstić information content (AvgIpc) is 2.21. The highest BCUT2D eigenvalue weighted by atomic mass is 16.3. The molecular formula is C9H12N2O. The lowest BCUT2D eigenvalue weighted by atomic mass is 10.3. The van der Waals surface area contributed by atoms with E-state index in [-0.39, 0.29) is 6.61 Å². The minimum atomic E-state index is -0.0291. The molecule has 64 valence electrons. The summed E-state index contributed by atoms with van der Waals surface area (Å²) in [6.45, 7) is 3.97. The number of nitriles is 1. The van der Waals surface area contributed by atoms with Gasteiger partial charge in [0.05, 0.1) is 6.61 Å². The van der Waals surface area contributed by atoms with Crippen LogP contribution in [-0.4, -0.2) is 10.1 Å². The Morgan fingerprint density at radius 3 is 2.50 bits per heavy atom. The molecule has 1 heterocycles. The molecule has 0 radical (unpaired) electrons. The van der Waals surface area contributed by atoms with E-state index >= 15 is 0 Å². The van der Waals surface area contributed by atoms with Gasteiger partial charge in [-0.2, -0.15) is 5.26 Å². The first-order chi connectivity index (χ1) is 5.86. The zero-order valence-corrected chi connectivity index (χ0v) is 7.28. The molecule has 0 spiro atoms. The molecule has 0 aliphatic carbocycles. The molecule has 3 heteroatoms. The van der Waals surface area contributed by atoms with E-state index in [0.29, 0.717) is 5.69 Å². The van der Waals surface area contributed by atoms with Gasteiger partial charge in [-0.05, 0) is 11.6 Å². The first-order valence-electron chi connectivity index (χ1n) is 3.82. The molecule has 0 atom stereocenters. The molecular weight excluding hydrogens is 152 g/mol. The number of pyridine rings is 1. The Labute approximate surface area is 72.3 Å². The van der Waals surface area contributed by atoms with Crippen molar-refractivity contribution in [1.82, 2.24) is 4.98 Å². The van der Waals surface area contributed by atoms with E-state index < -0.39 is 0 Å². The maximum atomic E-state index is 8.58. The van der Waals surface area contributed by atoms with Crippen LogP contribution in [0.5, 0.6) is 0 Å². The largest absolute Gasteiger partial charge is 0.392 e. The fraction of sp³-hybridized carbons (Fsp3) is 0.333. The van der Waals surface area contributed by atoms with E-state index in [4.69, 9.17) is 10.4 Å². The van der Waals surface area contributed by atoms with Crippen LogP contribution >= 0.6 is 0 Å². The normalized spacial score (nSPS) is 7.83. The molecule has 0 saturated carbocycles. The highest BCUT2D eigenvalue weighted by Gasteiger charge is 1.90. The van der Waals surface area contributed by atoms with Crippen LogP contribution < -0.4 is 0 Å². The number of nitrogens with zero attached hydrogens (tertiary/aromatic N) is 2. The zero-order valence-electron chi connectivity index (χ0n) is 7.28. The van der Waals surface area contributed by atoms with Crippen molar-refractivity contribution in [1.29, 1.82) is 5.26 Å². The summed E-state index contributed by atoms with van der Waals surface area (Å²) in [7, 11) is 0. The van der Waals surface area contributed by atoms with Gasteiger partial charge in [-0.3, -0.25) is 0 Å². The summed E-state index contributed by atoms with van der Waals surface area (Å²) in [5.41, 5.74) is 1.09. The fourth-order valence-electron chi connectivity index (χ4n) is 0.584. The predicted molar refractivity (Wildman–Crippen MR) is 46.2 cm³/mol. The molecule has 0 saturated heterocycles. The Bertz CT molecular complexity index is 248. The van der Waals surface area contributed by atoms with Crippen LogP contribution in [0.25, 0.3) is 0 Å². The van der Waals surface area contributed by atoms with Crippen molar-refractivity contribution in [2.24, 2.45) is 0 Å². The SMILES string of the molecule is CC.N#Cc1ccc(CO)cn1. The number of hydrogen-bond donors (Lipinski definition) is 1. The molecule has 0 aromatic carbocycles. The lowest BCUT2D eigenvalue weighted by Gasteiger charge is -1.91. The molecule has 0 fully saturated rings. The number of aliphatic hydroxyl groups is 1. The molecule has 0 bridgehead atoms. The van der Waals surface area contributed by atoms with Gasteiger partial charge in [0.15, 0.2) is 0 Å². The summed E-state index contributed by atoms with van der Waals surface area (Å²) < 4.78 is 0. The van der Waals surface area contributed by atoms with Crippen LogP contribution in [0.2, 0.25) is 0 Å². The van der Waals surface area contributed by atoms with E-state index in [0.717, 1.165) is 5.56 Å². The summed E-state index contributed by atoms with van der Waals surface area (Å²) in [6.07, 6.45) is 1.48. The molecule has 0 aliphatic heterocycles. The molecule has 0 aliphatic rings. The monoisotopic (exact) mass is 164 g/mol. The van der Waals surface area contributed by atoms with Gasteiger partial charge in [-0.15, -0.1) is 0 Å². The van der Waals surface area contributed by atoms with Crippen LogP contribution in [0.15, 0.2) is 18.3 Å². The van der Waals surface area contributed by atoms with Crippen molar-refractivity contribution >= 4 is 0 Å². The van der Waals surface area contributed by atoms with Crippen molar-refractivity contribution < 1.29 is 5.11 Å². The molecule has 0 unspecified atom stereocenters. The highest BCUT2D eigenvalue weighted by Crippen LogP contribution is 1.97. The molecule has 1 aromatic heterocycles. The summed E-state index contributed by atoms with van der Waals surface area (Å²) in [5, 5.41) is 16.9. The number of rotatable bonds is 1. The first kappa shape index (κ1) is 10.6. The quantitative estimate of drug-likeness (QED) is 0.683. The zero-order chi connectivity index (χ0) is 9.40. The minimum absolute atomic E-state index is 0.0291.